The number of halogens is 3. The number of phenols is 2. The number of pyridine rings is 1. The van der Waals surface area contributed by atoms with Gasteiger partial charge in [0.2, 0.25) is 0 Å². The SMILES string of the molecule is CC(NC(=O)c1ccc(C(F)(F)F)[nH]c1=O)(c1ccc(O)cc1)c1ccc(O)cc1. The normalized spacial score (nSPS) is 11.9. The molecular weight excluding hydrogens is 401 g/mol. The minimum Gasteiger partial charge on any atom is -0.508 e. The molecule has 156 valence electrons. The number of carbonyl (C=O) groups is 1. The molecule has 6 nitrogen and oxygen atoms in total. The van der Waals surface area contributed by atoms with Crippen LogP contribution >= 0.6 is 0 Å². The molecule has 1 aromatic heterocycles. The highest BCUT2D eigenvalue weighted by Crippen LogP contribution is 2.32. The van der Waals surface area contributed by atoms with E-state index < -0.39 is 34.4 Å². The maximum absolute atomic E-state index is 12.8. The third-order valence-corrected chi connectivity index (χ3v) is 4.71. The second-order valence-corrected chi connectivity index (χ2v) is 6.79. The van der Waals surface area contributed by atoms with E-state index in [-0.39, 0.29) is 11.5 Å². The van der Waals surface area contributed by atoms with Gasteiger partial charge in [-0.2, -0.15) is 13.2 Å². The summed E-state index contributed by atoms with van der Waals surface area (Å²) in [6.45, 7) is 1.63. The van der Waals surface area contributed by atoms with Crippen molar-refractivity contribution in [1.82, 2.24) is 10.3 Å². The van der Waals surface area contributed by atoms with Crippen LogP contribution in [0, 0.1) is 0 Å². The van der Waals surface area contributed by atoms with E-state index in [4.69, 9.17) is 0 Å². The molecule has 0 bridgehead atoms. The molecule has 0 fully saturated rings. The molecule has 30 heavy (non-hydrogen) atoms. The van der Waals surface area contributed by atoms with E-state index in [1.54, 1.807) is 36.2 Å². The second kappa shape index (κ2) is 7.58. The van der Waals surface area contributed by atoms with Gasteiger partial charge in [0, 0.05) is 0 Å². The van der Waals surface area contributed by atoms with Crippen LogP contribution in [0.2, 0.25) is 0 Å². The minimum atomic E-state index is -4.75. The number of aromatic hydroxyl groups is 2. The van der Waals surface area contributed by atoms with E-state index in [1.807, 2.05) is 0 Å². The first-order valence-electron chi connectivity index (χ1n) is 8.73. The molecule has 0 unspecified atom stereocenters. The predicted octanol–water partition coefficient (Wildman–Crippen LogP) is 3.50. The van der Waals surface area contributed by atoms with Crippen LogP contribution in [-0.4, -0.2) is 21.1 Å². The van der Waals surface area contributed by atoms with Crippen LogP contribution in [-0.2, 0) is 11.7 Å². The van der Waals surface area contributed by atoms with Crippen molar-refractivity contribution in [1.29, 1.82) is 0 Å². The first-order chi connectivity index (χ1) is 14.0. The van der Waals surface area contributed by atoms with Gasteiger partial charge in [0.15, 0.2) is 0 Å². The molecule has 9 heteroatoms. The van der Waals surface area contributed by atoms with Crippen LogP contribution in [0.25, 0.3) is 0 Å². The fraction of sp³-hybridized carbons (Fsp3) is 0.143. The quantitative estimate of drug-likeness (QED) is 0.521. The van der Waals surface area contributed by atoms with Gasteiger partial charge in [-0.15, -0.1) is 0 Å². The van der Waals surface area contributed by atoms with E-state index in [2.05, 4.69) is 5.32 Å². The number of aromatic nitrogens is 1. The van der Waals surface area contributed by atoms with Gasteiger partial charge in [-0.25, -0.2) is 0 Å². The van der Waals surface area contributed by atoms with Crippen LogP contribution < -0.4 is 10.9 Å². The van der Waals surface area contributed by atoms with E-state index in [0.717, 1.165) is 6.07 Å². The van der Waals surface area contributed by atoms with Crippen molar-refractivity contribution in [2.24, 2.45) is 0 Å². The zero-order chi connectivity index (χ0) is 22.1. The van der Waals surface area contributed by atoms with E-state index >= 15 is 0 Å². The Labute approximate surface area is 168 Å². The molecule has 0 aliphatic heterocycles. The maximum atomic E-state index is 12.8. The monoisotopic (exact) mass is 418 g/mol. The lowest BCUT2D eigenvalue weighted by Crippen LogP contribution is -2.46. The minimum absolute atomic E-state index is 0.00248. The van der Waals surface area contributed by atoms with Crippen molar-refractivity contribution >= 4 is 5.91 Å². The molecule has 0 saturated carbocycles. The first kappa shape index (κ1) is 21.0. The van der Waals surface area contributed by atoms with Gasteiger partial charge < -0.3 is 20.5 Å². The molecular formula is C21H17F3N2O4. The molecule has 0 saturated heterocycles. The standard InChI is InChI=1S/C21H17F3N2O4/c1-20(12-2-6-14(27)7-3-12,13-4-8-15(28)9-5-13)26-19(30)16-10-11-17(21(22,23)24)25-18(16)29/h2-11,27-28H,1H3,(H,25,29)(H,26,30). The van der Waals surface area contributed by atoms with E-state index in [9.17, 15) is 33.0 Å². The van der Waals surface area contributed by atoms with Gasteiger partial charge in [0.05, 0.1) is 5.54 Å². The van der Waals surface area contributed by atoms with E-state index in [0.29, 0.717) is 17.2 Å². The van der Waals surface area contributed by atoms with Crippen LogP contribution in [0.15, 0.2) is 65.5 Å². The van der Waals surface area contributed by atoms with Crippen molar-refractivity contribution in [3.8, 4) is 11.5 Å². The van der Waals surface area contributed by atoms with Gasteiger partial charge in [0.25, 0.3) is 11.5 Å². The number of hydrogen-bond donors (Lipinski definition) is 4. The number of phenolic OH excluding ortho intramolecular Hbond substituents is 2. The topological polar surface area (TPSA) is 102 Å². The second-order valence-electron chi connectivity index (χ2n) is 6.79. The molecule has 0 spiro atoms. The van der Waals surface area contributed by atoms with Crippen LogP contribution in [0.3, 0.4) is 0 Å². The fourth-order valence-corrected chi connectivity index (χ4v) is 3.01. The first-order valence-corrected chi connectivity index (χ1v) is 8.73. The van der Waals surface area contributed by atoms with Gasteiger partial charge >= 0.3 is 6.18 Å². The molecule has 0 radical (unpaired) electrons. The number of carbonyl (C=O) groups excluding carboxylic acids is 1. The number of benzene rings is 2. The average molecular weight is 418 g/mol. The lowest BCUT2D eigenvalue weighted by molar-refractivity contribution is -0.141. The van der Waals surface area contributed by atoms with Crippen molar-refractivity contribution in [3.63, 3.8) is 0 Å². The summed E-state index contributed by atoms with van der Waals surface area (Å²) in [6, 6.07) is 13.3. The van der Waals surface area contributed by atoms with Crippen molar-refractivity contribution in [3.05, 3.63) is 93.4 Å². The number of aromatic amines is 1. The summed E-state index contributed by atoms with van der Waals surface area (Å²) in [5.74, 6) is -0.900. The summed E-state index contributed by atoms with van der Waals surface area (Å²) in [4.78, 5) is 26.6. The van der Waals surface area contributed by atoms with Gasteiger partial charge in [-0.05, 0) is 54.4 Å². The number of nitrogens with one attached hydrogen (secondary N) is 2. The summed E-state index contributed by atoms with van der Waals surface area (Å²) in [5.41, 5.74) is -3.10. The van der Waals surface area contributed by atoms with Crippen molar-refractivity contribution < 1.29 is 28.2 Å². The molecule has 0 aliphatic rings. The number of hydrogen-bond acceptors (Lipinski definition) is 4. The molecule has 4 N–H and O–H groups in total. The van der Waals surface area contributed by atoms with Crippen LogP contribution in [0.4, 0.5) is 13.2 Å². The lowest BCUT2D eigenvalue weighted by atomic mass is 9.84. The summed E-state index contributed by atoms with van der Waals surface area (Å²) in [7, 11) is 0. The molecule has 0 atom stereocenters. The highest BCUT2D eigenvalue weighted by atomic mass is 19.4. The number of H-pyrrole nitrogens is 1. The maximum Gasteiger partial charge on any atom is 0.431 e. The third kappa shape index (κ3) is 4.14. The molecule has 3 rings (SSSR count). The summed E-state index contributed by atoms with van der Waals surface area (Å²) < 4.78 is 38.3. The van der Waals surface area contributed by atoms with Gasteiger partial charge in [-0.1, -0.05) is 24.3 Å². The van der Waals surface area contributed by atoms with E-state index in [1.165, 1.54) is 24.3 Å². The Morgan fingerprint density at radius 1 is 0.867 bits per heavy atom. The predicted molar refractivity (Wildman–Crippen MR) is 102 cm³/mol. The summed E-state index contributed by atoms with van der Waals surface area (Å²) in [5, 5.41) is 21.8. The van der Waals surface area contributed by atoms with Crippen LogP contribution in [0.5, 0.6) is 11.5 Å². The average Bonchev–Trinajstić information content (AvgIpc) is 2.68. The Hall–Kier alpha value is -3.75. The summed E-state index contributed by atoms with van der Waals surface area (Å²) >= 11 is 0. The third-order valence-electron chi connectivity index (χ3n) is 4.71. The molecule has 0 aliphatic carbocycles. The van der Waals surface area contributed by atoms with Gasteiger partial charge in [0.1, 0.15) is 22.8 Å². The smallest absolute Gasteiger partial charge is 0.431 e. The number of rotatable bonds is 4. The molecule has 3 aromatic rings. The van der Waals surface area contributed by atoms with Crippen molar-refractivity contribution in [2.75, 3.05) is 0 Å². The van der Waals surface area contributed by atoms with Crippen molar-refractivity contribution in [2.45, 2.75) is 18.6 Å². The highest BCUT2D eigenvalue weighted by molar-refractivity contribution is 5.94. The van der Waals surface area contributed by atoms with Gasteiger partial charge in [-0.3, -0.25) is 9.59 Å². The van der Waals surface area contributed by atoms with Crippen LogP contribution in [0.1, 0.15) is 34.1 Å². The zero-order valence-electron chi connectivity index (χ0n) is 15.6. The Morgan fingerprint density at radius 2 is 1.33 bits per heavy atom. The zero-order valence-corrected chi connectivity index (χ0v) is 15.6. The Bertz CT molecular complexity index is 1080. The molecule has 1 heterocycles. The number of amides is 1. The lowest BCUT2D eigenvalue weighted by Gasteiger charge is -2.32. The Kier molecular flexibility index (Phi) is 5.30. The largest absolute Gasteiger partial charge is 0.508 e. The molecule has 2 aromatic carbocycles. The fourth-order valence-electron chi connectivity index (χ4n) is 3.01. The molecule has 1 amide bonds. The number of alkyl halides is 3. The summed E-state index contributed by atoms with van der Waals surface area (Å²) in [6.07, 6.45) is -4.75. The Morgan fingerprint density at radius 3 is 1.73 bits per heavy atom. The Balaban J connectivity index is 2.03. The highest BCUT2D eigenvalue weighted by Gasteiger charge is 2.34.